The first-order valence-electron chi connectivity index (χ1n) is 3.67. The molecule has 3 N–H and O–H groups in total. The van der Waals surface area contributed by atoms with Crippen molar-refractivity contribution in [2.75, 3.05) is 0 Å². The Labute approximate surface area is 72.0 Å². The summed E-state index contributed by atoms with van der Waals surface area (Å²) in [7, 11) is 0. The Morgan fingerprint density at radius 1 is 1.38 bits per heavy atom. The van der Waals surface area contributed by atoms with Crippen LogP contribution in [0.3, 0.4) is 0 Å². The van der Waals surface area contributed by atoms with Gasteiger partial charge in [0.2, 0.25) is 0 Å². The second-order valence-corrected chi connectivity index (χ2v) is 2.67. The molecule has 0 aromatic heterocycles. The Kier molecular flexibility index (Phi) is 1.45. The number of aromatic nitrogens is 2. The summed E-state index contributed by atoms with van der Waals surface area (Å²) < 4.78 is 0. The maximum Gasteiger partial charge on any atom is 0.188 e. The minimum atomic E-state index is -0.164. The van der Waals surface area contributed by atoms with E-state index < -0.39 is 0 Å². The predicted molar refractivity (Wildman–Crippen MR) is 43.4 cm³/mol. The molecule has 5 nitrogen and oxygen atoms in total. The van der Waals surface area contributed by atoms with E-state index >= 15 is 0 Å². The van der Waals surface area contributed by atoms with Crippen LogP contribution in [0.25, 0.3) is 0 Å². The van der Waals surface area contributed by atoms with Crippen LogP contribution in [-0.2, 0) is 0 Å². The fraction of sp³-hybridized carbons (Fsp3) is 0. The summed E-state index contributed by atoms with van der Waals surface area (Å²) in [6.45, 7) is 0. The second-order valence-electron chi connectivity index (χ2n) is 2.67. The number of aromatic amines is 1. The molecule has 0 radical (unpaired) electrons. The molecule has 0 spiro atoms. The van der Waals surface area contributed by atoms with Gasteiger partial charge in [0.05, 0.1) is 22.1 Å². The third-order valence-electron chi connectivity index (χ3n) is 1.81. The van der Waals surface area contributed by atoms with Crippen molar-refractivity contribution >= 4 is 0 Å². The number of nitrogens with zero attached hydrogens (tertiary/aromatic N) is 1. The molecule has 0 aromatic rings. The Hall–Kier alpha value is -2.04. The summed E-state index contributed by atoms with van der Waals surface area (Å²) in [5.41, 5.74) is -0.164. The summed E-state index contributed by atoms with van der Waals surface area (Å²) in [5, 5.41) is 19.9. The predicted octanol–water partition coefficient (Wildman–Crippen LogP) is -0.382. The summed E-state index contributed by atoms with van der Waals surface area (Å²) in [5.74, 6) is 0. The van der Waals surface area contributed by atoms with Crippen LogP contribution < -0.4 is 10.8 Å². The minimum Gasteiger partial charge on any atom is -0.413 e. The lowest BCUT2D eigenvalue weighted by Crippen LogP contribution is -2.16. The molecule has 0 fully saturated rings. The van der Waals surface area contributed by atoms with Gasteiger partial charge in [-0.05, 0) is 18.2 Å². The van der Waals surface area contributed by atoms with E-state index in [1.54, 1.807) is 0 Å². The van der Waals surface area contributed by atoms with Gasteiger partial charge in [0, 0.05) is 0 Å². The molecule has 1 aliphatic heterocycles. The fourth-order valence-corrected chi connectivity index (χ4v) is 1.18. The number of hydrogen-bond donors (Lipinski definition) is 3. The summed E-state index contributed by atoms with van der Waals surface area (Å²) in [6, 6.07) is 4.19. The topological polar surface area (TPSA) is 81.9 Å². The highest BCUT2D eigenvalue weighted by Crippen LogP contribution is 1.83. The molecule has 1 aliphatic carbocycles. The van der Waals surface area contributed by atoms with Gasteiger partial charge in [-0.2, -0.15) is 0 Å². The van der Waals surface area contributed by atoms with E-state index in [2.05, 4.69) is 5.10 Å². The van der Waals surface area contributed by atoms with Gasteiger partial charge in [-0.15, -0.1) is 4.85 Å². The number of hydrogen-bond acceptors (Lipinski definition) is 3. The van der Waals surface area contributed by atoms with Crippen LogP contribution in [0, 0.1) is 16.0 Å². The summed E-state index contributed by atoms with van der Waals surface area (Å²) >= 11 is 0. The van der Waals surface area contributed by atoms with Gasteiger partial charge in [-0.3, -0.25) is 15.3 Å². The van der Waals surface area contributed by atoms with Crippen LogP contribution in [0.4, 0.5) is 0 Å². The minimum absolute atomic E-state index is 0.164. The first kappa shape index (κ1) is 7.60. The average molecular weight is 177 g/mol. The van der Waals surface area contributed by atoms with E-state index in [-0.39, 0.29) is 10.8 Å². The maximum absolute atomic E-state index is 11.2. The van der Waals surface area contributed by atoms with E-state index in [9.17, 15) is 4.79 Å². The third-order valence-corrected chi connectivity index (χ3v) is 1.81. The molecule has 13 heavy (non-hydrogen) atoms. The molecule has 0 bridgehead atoms. The van der Waals surface area contributed by atoms with Gasteiger partial charge >= 0.3 is 0 Å². The van der Waals surface area contributed by atoms with Gasteiger partial charge in [0.1, 0.15) is 0 Å². The van der Waals surface area contributed by atoms with Crippen LogP contribution in [-0.4, -0.2) is 15.2 Å². The molecule has 2 rings (SSSR count). The second kappa shape index (κ2) is 2.48. The monoisotopic (exact) mass is 177 g/mol. The number of nitrogens with one attached hydrogen (secondary N) is 2. The van der Waals surface area contributed by atoms with Gasteiger partial charge < -0.3 is 5.21 Å². The molecule has 0 atom stereocenters. The van der Waals surface area contributed by atoms with Crippen LogP contribution in [0.2, 0.25) is 0 Å². The average Bonchev–Trinajstić information content (AvgIpc) is 2.12. The van der Waals surface area contributed by atoms with Crippen LogP contribution in [0.1, 0.15) is 0 Å². The zero-order valence-corrected chi connectivity index (χ0v) is 6.61. The fourth-order valence-electron chi connectivity index (χ4n) is 1.18. The molecule has 0 amide bonds. The molecule has 66 valence electrons. The Balaban J connectivity index is 3.23. The smallest absolute Gasteiger partial charge is 0.188 e. The van der Waals surface area contributed by atoms with Gasteiger partial charge in [0.25, 0.3) is 0 Å². The molecule has 0 unspecified atom stereocenters. The van der Waals surface area contributed by atoms with E-state index in [1.165, 1.54) is 24.4 Å². The molecule has 1 heterocycles. The van der Waals surface area contributed by atoms with Crippen molar-refractivity contribution in [3.8, 4) is 0 Å². The molecule has 2 aliphatic rings. The molecule has 0 saturated heterocycles. The van der Waals surface area contributed by atoms with Crippen molar-refractivity contribution in [2.45, 2.75) is 0 Å². The largest absolute Gasteiger partial charge is 0.413 e. The highest BCUT2D eigenvalue weighted by Gasteiger charge is 1.95. The van der Waals surface area contributed by atoms with E-state index in [4.69, 9.17) is 10.6 Å². The highest BCUT2D eigenvalue weighted by atomic mass is 16.5. The molecular weight excluding hydrogens is 170 g/mol. The third kappa shape index (κ3) is 1.10. The standard InChI is InChI=1S/C8H7N3O2/c9-6-1-2-7(12)5-3-4-11(13)10-8(5)6/h1-4,9-10,13H. The normalized spacial score (nSPS) is 10.5. The number of rotatable bonds is 0. The van der Waals surface area contributed by atoms with Crippen molar-refractivity contribution in [3.05, 3.63) is 50.5 Å². The first-order chi connectivity index (χ1) is 6.18. The Morgan fingerprint density at radius 2 is 2.15 bits per heavy atom. The molecule has 0 saturated carbocycles. The lowest BCUT2D eigenvalue weighted by Gasteiger charge is -1.97. The van der Waals surface area contributed by atoms with Crippen LogP contribution in [0.15, 0.2) is 29.2 Å². The summed E-state index contributed by atoms with van der Waals surface area (Å²) in [4.78, 5) is 12.0. The van der Waals surface area contributed by atoms with Crippen molar-refractivity contribution in [3.63, 3.8) is 0 Å². The molecule has 5 heteroatoms. The van der Waals surface area contributed by atoms with E-state index in [0.717, 1.165) is 0 Å². The maximum atomic E-state index is 11.2. The van der Waals surface area contributed by atoms with Crippen LogP contribution >= 0.6 is 0 Å². The van der Waals surface area contributed by atoms with E-state index in [0.29, 0.717) is 15.4 Å². The highest BCUT2D eigenvalue weighted by molar-refractivity contribution is 5.07. The lowest BCUT2D eigenvalue weighted by atomic mass is 10.2. The van der Waals surface area contributed by atoms with Gasteiger partial charge in [-0.1, -0.05) is 0 Å². The van der Waals surface area contributed by atoms with Crippen molar-refractivity contribution in [2.24, 2.45) is 0 Å². The van der Waals surface area contributed by atoms with Crippen LogP contribution in [0.5, 0.6) is 0 Å². The first-order valence-corrected chi connectivity index (χ1v) is 3.67. The van der Waals surface area contributed by atoms with Crippen molar-refractivity contribution in [1.29, 1.82) is 5.41 Å². The summed E-state index contributed by atoms with van der Waals surface area (Å²) in [6.07, 6.45) is 1.31. The zero-order valence-electron chi connectivity index (χ0n) is 6.61. The number of H-pyrrole nitrogens is 1. The zero-order chi connectivity index (χ0) is 9.42. The Bertz CT molecular complexity index is 611. The Morgan fingerprint density at radius 3 is 2.92 bits per heavy atom. The SMILES string of the molecule is N=c1ccc(=O)c2ccn(O)[nH]c1=2. The lowest BCUT2D eigenvalue weighted by molar-refractivity contribution is 0.142. The molecular formula is C8H7N3O2. The molecule has 0 aromatic carbocycles. The van der Waals surface area contributed by atoms with Gasteiger partial charge in [-0.25, -0.2) is 0 Å². The van der Waals surface area contributed by atoms with Crippen molar-refractivity contribution < 1.29 is 5.21 Å². The quantitative estimate of drug-likeness (QED) is 0.479. The van der Waals surface area contributed by atoms with Crippen molar-refractivity contribution in [1.82, 2.24) is 9.94 Å². The van der Waals surface area contributed by atoms with Gasteiger partial charge in [0.15, 0.2) is 5.43 Å². The van der Waals surface area contributed by atoms with E-state index in [1.807, 2.05) is 0 Å².